The number of carbonyl (C=O) groups is 2. The highest BCUT2D eigenvalue weighted by molar-refractivity contribution is 6.06. The van der Waals surface area contributed by atoms with Gasteiger partial charge in [-0.3, -0.25) is 4.79 Å². The maximum atomic E-state index is 13.0. The summed E-state index contributed by atoms with van der Waals surface area (Å²) in [5.74, 6) is -0.0967. The molecule has 0 saturated carbocycles. The van der Waals surface area contributed by atoms with E-state index in [4.69, 9.17) is 4.74 Å². The van der Waals surface area contributed by atoms with Gasteiger partial charge in [0.2, 0.25) is 0 Å². The van der Waals surface area contributed by atoms with Gasteiger partial charge in [-0.15, -0.1) is 0 Å². The van der Waals surface area contributed by atoms with Crippen molar-refractivity contribution in [3.8, 4) is 0 Å². The van der Waals surface area contributed by atoms with Crippen molar-refractivity contribution >= 4 is 12.0 Å². The maximum Gasteiger partial charge on any atom is 0.417 e. The van der Waals surface area contributed by atoms with E-state index in [9.17, 15) is 9.59 Å². The van der Waals surface area contributed by atoms with Gasteiger partial charge in [0.1, 0.15) is 5.60 Å². The van der Waals surface area contributed by atoms with Crippen LogP contribution < -0.4 is 0 Å². The number of ether oxygens (including phenoxy) is 1. The second-order valence-corrected chi connectivity index (χ2v) is 8.29. The quantitative estimate of drug-likeness (QED) is 0.545. The lowest BCUT2D eigenvalue weighted by Gasteiger charge is -2.29. The van der Waals surface area contributed by atoms with Gasteiger partial charge in [-0.25, -0.2) is 9.69 Å². The van der Waals surface area contributed by atoms with E-state index >= 15 is 0 Å². The van der Waals surface area contributed by atoms with Gasteiger partial charge in [-0.05, 0) is 58.4 Å². The van der Waals surface area contributed by atoms with Crippen LogP contribution in [0.15, 0.2) is 22.9 Å². The molecule has 1 saturated heterocycles. The van der Waals surface area contributed by atoms with Gasteiger partial charge in [0, 0.05) is 31.8 Å². The maximum absolute atomic E-state index is 13.0. The number of amides is 2. The summed E-state index contributed by atoms with van der Waals surface area (Å²) in [7, 11) is 3.82. The minimum Gasteiger partial charge on any atom is -0.443 e. The molecule has 5 nitrogen and oxygen atoms in total. The summed E-state index contributed by atoms with van der Waals surface area (Å²) in [4.78, 5) is 29.0. The third kappa shape index (κ3) is 2.96. The van der Waals surface area contributed by atoms with E-state index < -0.39 is 11.7 Å². The van der Waals surface area contributed by atoms with Crippen molar-refractivity contribution in [2.45, 2.75) is 64.5 Å². The predicted octanol–water partition coefficient (Wildman–Crippen LogP) is 3.47. The van der Waals surface area contributed by atoms with Gasteiger partial charge >= 0.3 is 6.09 Å². The Balaban J connectivity index is 1.98. The van der Waals surface area contributed by atoms with Crippen LogP contribution in [-0.2, 0) is 9.53 Å². The molecule has 0 spiro atoms. The van der Waals surface area contributed by atoms with Crippen molar-refractivity contribution < 1.29 is 14.3 Å². The molecule has 0 bridgehead atoms. The third-order valence-electron chi connectivity index (χ3n) is 4.96. The van der Waals surface area contributed by atoms with Crippen molar-refractivity contribution in [3.63, 3.8) is 0 Å². The van der Waals surface area contributed by atoms with E-state index in [1.165, 1.54) is 22.5 Å². The number of fused-ring (bicyclic) bond motifs is 2. The summed E-state index contributed by atoms with van der Waals surface area (Å²) < 4.78 is 5.54. The Morgan fingerprint density at radius 2 is 1.92 bits per heavy atom. The molecule has 2 amide bonds. The predicted molar refractivity (Wildman–Crippen MR) is 92.2 cm³/mol. The fraction of sp³-hybridized carbons (Fsp3) is 0.684. The van der Waals surface area contributed by atoms with Crippen molar-refractivity contribution in [3.05, 3.63) is 22.9 Å². The summed E-state index contributed by atoms with van der Waals surface area (Å²) in [6.45, 7) is 5.50. The van der Waals surface area contributed by atoms with Gasteiger partial charge in [-0.2, -0.15) is 0 Å². The van der Waals surface area contributed by atoms with Crippen molar-refractivity contribution in [2.24, 2.45) is 5.92 Å². The molecule has 0 aromatic rings. The van der Waals surface area contributed by atoms with Crippen LogP contribution in [0.1, 0.15) is 52.9 Å². The Morgan fingerprint density at radius 1 is 1.25 bits per heavy atom. The second-order valence-electron chi connectivity index (χ2n) is 8.29. The molecule has 5 heteroatoms. The number of imide groups is 1. The summed E-state index contributed by atoms with van der Waals surface area (Å²) in [6.07, 6.45) is 6.74. The molecule has 2 aliphatic carbocycles. The van der Waals surface area contributed by atoms with Crippen LogP contribution in [0.3, 0.4) is 0 Å². The lowest BCUT2D eigenvalue weighted by atomic mass is 9.92. The van der Waals surface area contributed by atoms with Gasteiger partial charge in [0.15, 0.2) is 0 Å². The second kappa shape index (κ2) is 5.94. The first kappa shape index (κ1) is 17.1. The monoisotopic (exact) mass is 332 g/mol. The first-order valence-electron chi connectivity index (χ1n) is 8.84. The minimum absolute atomic E-state index is 0.0931. The number of hydrogen-bond donors (Lipinski definition) is 0. The molecule has 2 atom stereocenters. The Morgan fingerprint density at radius 3 is 2.54 bits per heavy atom. The van der Waals surface area contributed by atoms with E-state index in [2.05, 4.69) is 0 Å². The minimum atomic E-state index is -0.608. The molecule has 1 unspecified atom stereocenters. The number of nitrogens with zero attached hydrogens (tertiary/aromatic N) is 2. The number of likely N-dealkylation sites (tertiary alicyclic amines) is 1. The first-order valence-corrected chi connectivity index (χ1v) is 8.84. The summed E-state index contributed by atoms with van der Waals surface area (Å²) >= 11 is 0. The first-order chi connectivity index (χ1) is 11.2. The van der Waals surface area contributed by atoms with Gasteiger partial charge in [0.25, 0.3) is 5.91 Å². The Bertz CT molecular complexity index is 625. The molecule has 1 aliphatic heterocycles. The summed E-state index contributed by atoms with van der Waals surface area (Å²) in [5, 5.41) is 0. The topological polar surface area (TPSA) is 49.9 Å². The van der Waals surface area contributed by atoms with Crippen molar-refractivity contribution in [1.82, 2.24) is 9.80 Å². The van der Waals surface area contributed by atoms with Crippen LogP contribution in [-0.4, -0.2) is 47.5 Å². The van der Waals surface area contributed by atoms with Crippen LogP contribution in [0.2, 0.25) is 0 Å². The largest absolute Gasteiger partial charge is 0.443 e. The SMILES string of the molecule is CN(C)/C=C1/C(=O)N(C(=O)OC(C)(C)C)[C@@H]2C3=C(CCCC3)CC12. The number of carbonyl (C=O) groups excluding carboxylic acids is 2. The van der Waals surface area contributed by atoms with Crippen LogP contribution >= 0.6 is 0 Å². The Hall–Kier alpha value is -1.78. The molecule has 0 radical (unpaired) electrons. The molecule has 0 N–H and O–H groups in total. The molecule has 1 heterocycles. The van der Waals surface area contributed by atoms with Gasteiger partial charge in [0.05, 0.1) is 6.04 Å². The van der Waals surface area contributed by atoms with Gasteiger partial charge < -0.3 is 9.64 Å². The number of rotatable bonds is 1. The highest BCUT2D eigenvalue weighted by atomic mass is 16.6. The van der Waals surface area contributed by atoms with Crippen molar-refractivity contribution in [1.29, 1.82) is 0 Å². The number of allylic oxidation sites excluding steroid dienone is 1. The molecular formula is C19H28N2O3. The highest BCUT2D eigenvalue weighted by Gasteiger charge is 2.53. The van der Waals surface area contributed by atoms with Crippen LogP contribution in [0, 0.1) is 5.92 Å². The zero-order chi connectivity index (χ0) is 17.6. The lowest BCUT2D eigenvalue weighted by molar-refractivity contribution is -0.125. The fourth-order valence-electron chi connectivity index (χ4n) is 4.18. The third-order valence-corrected chi connectivity index (χ3v) is 4.96. The lowest BCUT2D eigenvalue weighted by Crippen LogP contribution is -2.43. The molecule has 3 rings (SSSR count). The molecule has 1 fully saturated rings. The number of hydrogen-bond acceptors (Lipinski definition) is 4. The molecule has 0 aromatic heterocycles. The smallest absolute Gasteiger partial charge is 0.417 e. The average molecular weight is 332 g/mol. The normalized spacial score (nSPS) is 28.3. The molecule has 132 valence electrons. The molecule has 3 aliphatic rings. The van der Waals surface area contributed by atoms with E-state index in [0.717, 1.165) is 31.3 Å². The Kier molecular flexibility index (Phi) is 4.22. The van der Waals surface area contributed by atoms with Gasteiger partial charge in [-0.1, -0.05) is 5.57 Å². The highest BCUT2D eigenvalue weighted by Crippen LogP contribution is 2.50. The summed E-state index contributed by atoms with van der Waals surface area (Å²) in [6, 6.07) is -0.131. The fourth-order valence-corrected chi connectivity index (χ4v) is 4.18. The average Bonchev–Trinajstić information content (AvgIpc) is 2.93. The molecule has 0 aromatic carbocycles. The van der Waals surface area contributed by atoms with E-state index in [0.29, 0.717) is 0 Å². The van der Waals surface area contributed by atoms with Crippen LogP contribution in [0.25, 0.3) is 0 Å². The standard InChI is InChI=1S/C19H28N2O3/c1-19(2,3)24-18(23)21-16-13-9-7-6-8-12(13)10-14(16)15(17(21)22)11-20(4)5/h11,14,16H,6-10H2,1-5H3/b15-11+/t14?,16-/m1/s1. The molecular weight excluding hydrogens is 304 g/mol. The summed E-state index contributed by atoms with van der Waals surface area (Å²) in [5.41, 5.74) is 2.91. The van der Waals surface area contributed by atoms with E-state index in [-0.39, 0.29) is 17.9 Å². The van der Waals surface area contributed by atoms with Crippen LogP contribution in [0.5, 0.6) is 0 Å². The van der Waals surface area contributed by atoms with Crippen LogP contribution in [0.4, 0.5) is 4.79 Å². The van der Waals surface area contributed by atoms with E-state index in [1.807, 2.05) is 46.0 Å². The van der Waals surface area contributed by atoms with Crippen molar-refractivity contribution in [2.75, 3.05) is 14.1 Å². The zero-order valence-corrected chi connectivity index (χ0v) is 15.4. The Labute approximate surface area is 144 Å². The van der Waals surface area contributed by atoms with E-state index in [1.54, 1.807) is 0 Å². The molecule has 24 heavy (non-hydrogen) atoms. The zero-order valence-electron chi connectivity index (χ0n) is 15.4.